The summed E-state index contributed by atoms with van der Waals surface area (Å²) in [4.78, 5) is 28.7. The van der Waals surface area contributed by atoms with Crippen LogP contribution in [0.4, 0.5) is 5.69 Å². The molecule has 1 saturated heterocycles. The minimum absolute atomic E-state index is 0.0395. The second-order valence-corrected chi connectivity index (χ2v) is 6.62. The minimum Gasteiger partial charge on any atom is -0.342 e. The van der Waals surface area contributed by atoms with E-state index in [0.29, 0.717) is 13.1 Å². The zero-order valence-electron chi connectivity index (χ0n) is 13.4. The van der Waals surface area contributed by atoms with Gasteiger partial charge in [0.25, 0.3) is 0 Å². The average Bonchev–Trinajstić information content (AvgIpc) is 2.97. The number of carbonyl (C=O) groups is 2. The molecule has 2 aliphatic rings. The molecule has 0 N–H and O–H groups in total. The monoisotopic (exact) mass is 300 g/mol. The topological polar surface area (TPSA) is 40.6 Å². The van der Waals surface area contributed by atoms with Crippen molar-refractivity contribution in [3.63, 3.8) is 0 Å². The van der Waals surface area contributed by atoms with Crippen LogP contribution in [0.15, 0.2) is 24.3 Å². The van der Waals surface area contributed by atoms with Crippen LogP contribution in [0.3, 0.4) is 0 Å². The number of para-hydroxylation sites is 1. The molecule has 0 aromatic heterocycles. The van der Waals surface area contributed by atoms with Crippen LogP contribution in [0.25, 0.3) is 0 Å². The molecule has 0 unspecified atom stereocenters. The molecule has 0 atom stereocenters. The predicted octanol–water partition coefficient (Wildman–Crippen LogP) is 2.47. The van der Waals surface area contributed by atoms with Gasteiger partial charge in [0.1, 0.15) is 0 Å². The molecule has 118 valence electrons. The summed E-state index contributed by atoms with van der Waals surface area (Å²) in [6.07, 6.45) is 2.53. The van der Waals surface area contributed by atoms with Crippen LogP contribution in [-0.4, -0.2) is 36.3 Å². The number of carbonyl (C=O) groups excluding carboxylic acids is 2. The Labute approximate surface area is 132 Å². The Kier molecular flexibility index (Phi) is 4.19. The fourth-order valence-electron chi connectivity index (χ4n) is 3.50. The lowest BCUT2D eigenvalue weighted by Gasteiger charge is -2.34. The van der Waals surface area contributed by atoms with E-state index in [2.05, 4.69) is 6.07 Å². The highest BCUT2D eigenvalue weighted by atomic mass is 16.2. The molecule has 1 fully saturated rings. The molecular formula is C18H24N2O2. The number of nitrogens with zero attached hydrogens (tertiary/aromatic N) is 2. The first kappa shape index (κ1) is 15.1. The Balaban J connectivity index is 1.63. The van der Waals surface area contributed by atoms with Gasteiger partial charge in [0, 0.05) is 37.2 Å². The van der Waals surface area contributed by atoms with Crippen LogP contribution in [0, 0.1) is 11.8 Å². The lowest BCUT2D eigenvalue weighted by molar-refractivity contribution is -0.137. The Morgan fingerprint density at radius 1 is 1.09 bits per heavy atom. The van der Waals surface area contributed by atoms with Crippen molar-refractivity contribution in [3.05, 3.63) is 29.8 Å². The molecule has 0 bridgehead atoms. The number of amides is 2. The number of anilines is 1. The van der Waals surface area contributed by atoms with Crippen LogP contribution < -0.4 is 4.90 Å². The number of hydrogen-bond acceptors (Lipinski definition) is 2. The smallest absolute Gasteiger partial charge is 0.230 e. The Morgan fingerprint density at radius 2 is 1.77 bits per heavy atom. The number of rotatable bonds is 2. The fraction of sp³-hybridized carbons (Fsp3) is 0.556. The van der Waals surface area contributed by atoms with Crippen molar-refractivity contribution in [2.24, 2.45) is 11.8 Å². The van der Waals surface area contributed by atoms with Crippen LogP contribution in [0.1, 0.15) is 32.3 Å². The van der Waals surface area contributed by atoms with Crippen molar-refractivity contribution in [2.45, 2.75) is 33.1 Å². The quantitative estimate of drug-likeness (QED) is 0.842. The molecular weight excluding hydrogens is 276 g/mol. The third kappa shape index (κ3) is 2.74. The summed E-state index contributed by atoms with van der Waals surface area (Å²) in [6.45, 7) is 6.08. The summed E-state index contributed by atoms with van der Waals surface area (Å²) >= 11 is 0. The molecule has 2 amide bonds. The van der Waals surface area contributed by atoms with Crippen LogP contribution >= 0.6 is 0 Å². The number of likely N-dealkylation sites (tertiary alicyclic amines) is 1. The zero-order chi connectivity index (χ0) is 15.7. The first-order valence-corrected chi connectivity index (χ1v) is 8.26. The second-order valence-electron chi connectivity index (χ2n) is 6.62. The third-order valence-electron chi connectivity index (χ3n) is 4.80. The van der Waals surface area contributed by atoms with E-state index in [9.17, 15) is 9.59 Å². The van der Waals surface area contributed by atoms with E-state index in [1.54, 1.807) is 0 Å². The largest absolute Gasteiger partial charge is 0.342 e. The summed E-state index contributed by atoms with van der Waals surface area (Å²) in [5, 5.41) is 0. The van der Waals surface area contributed by atoms with Crippen LogP contribution in [0.2, 0.25) is 0 Å². The molecule has 1 aromatic carbocycles. The number of hydrogen-bond donors (Lipinski definition) is 0. The van der Waals surface area contributed by atoms with Gasteiger partial charge in [0.15, 0.2) is 0 Å². The lowest BCUT2D eigenvalue weighted by atomic mass is 9.94. The van der Waals surface area contributed by atoms with Gasteiger partial charge in [0.05, 0.1) is 0 Å². The van der Waals surface area contributed by atoms with E-state index in [1.165, 1.54) is 5.56 Å². The fourth-order valence-corrected chi connectivity index (χ4v) is 3.50. The van der Waals surface area contributed by atoms with Gasteiger partial charge in [-0.15, -0.1) is 0 Å². The summed E-state index contributed by atoms with van der Waals surface area (Å²) in [6, 6.07) is 8.17. The molecule has 0 aliphatic carbocycles. The van der Waals surface area contributed by atoms with E-state index >= 15 is 0 Å². The van der Waals surface area contributed by atoms with Crippen LogP contribution in [-0.2, 0) is 16.0 Å². The zero-order valence-corrected chi connectivity index (χ0v) is 13.4. The van der Waals surface area contributed by atoms with Crippen molar-refractivity contribution in [1.29, 1.82) is 0 Å². The molecule has 0 saturated carbocycles. The Morgan fingerprint density at radius 3 is 2.45 bits per heavy atom. The van der Waals surface area contributed by atoms with E-state index in [4.69, 9.17) is 0 Å². The van der Waals surface area contributed by atoms with Gasteiger partial charge in [-0.1, -0.05) is 32.0 Å². The standard InChI is InChI=1S/C18H24N2O2/c1-13(2)17(21)19-10-7-15(8-11-19)18(22)20-12-9-14-5-3-4-6-16(14)20/h3-6,13,15H,7-12H2,1-2H3. The van der Waals surface area contributed by atoms with Crippen molar-refractivity contribution >= 4 is 17.5 Å². The van der Waals surface area contributed by atoms with Crippen LogP contribution in [0.5, 0.6) is 0 Å². The minimum atomic E-state index is 0.0395. The molecule has 2 heterocycles. The Bertz CT molecular complexity index is 574. The normalized spacial score (nSPS) is 18.7. The van der Waals surface area contributed by atoms with E-state index < -0.39 is 0 Å². The van der Waals surface area contributed by atoms with Gasteiger partial charge < -0.3 is 9.80 Å². The van der Waals surface area contributed by atoms with Crippen molar-refractivity contribution in [3.8, 4) is 0 Å². The molecule has 4 nitrogen and oxygen atoms in total. The summed E-state index contributed by atoms with van der Waals surface area (Å²) in [7, 11) is 0. The van der Waals surface area contributed by atoms with E-state index in [0.717, 1.165) is 31.5 Å². The van der Waals surface area contributed by atoms with E-state index in [1.807, 2.05) is 41.8 Å². The maximum Gasteiger partial charge on any atom is 0.230 e. The highest BCUT2D eigenvalue weighted by Gasteiger charge is 2.33. The summed E-state index contributed by atoms with van der Waals surface area (Å²) < 4.78 is 0. The van der Waals surface area contributed by atoms with E-state index in [-0.39, 0.29) is 23.7 Å². The van der Waals surface area contributed by atoms with Gasteiger partial charge in [-0.2, -0.15) is 0 Å². The highest BCUT2D eigenvalue weighted by Crippen LogP contribution is 2.31. The maximum atomic E-state index is 12.8. The number of benzene rings is 1. The van der Waals surface area contributed by atoms with Gasteiger partial charge in [-0.3, -0.25) is 9.59 Å². The SMILES string of the molecule is CC(C)C(=O)N1CCC(C(=O)N2CCc3ccccc32)CC1. The predicted molar refractivity (Wildman–Crippen MR) is 86.6 cm³/mol. The first-order valence-electron chi connectivity index (χ1n) is 8.26. The van der Waals surface area contributed by atoms with Crippen molar-refractivity contribution < 1.29 is 9.59 Å². The molecule has 2 aliphatic heterocycles. The molecule has 22 heavy (non-hydrogen) atoms. The summed E-state index contributed by atoms with van der Waals surface area (Å²) in [5.41, 5.74) is 2.34. The first-order chi connectivity index (χ1) is 10.6. The maximum absolute atomic E-state index is 12.8. The highest BCUT2D eigenvalue weighted by molar-refractivity contribution is 5.97. The lowest BCUT2D eigenvalue weighted by Crippen LogP contribution is -2.45. The van der Waals surface area contributed by atoms with Crippen molar-refractivity contribution in [1.82, 2.24) is 4.90 Å². The number of piperidine rings is 1. The molecule has 0 spiro atoms. The second kappa shape index (κ2) is 6.11. The van der Waals surface area contributed by atoms with Gasteiger partial charge in [-0.05, 0) is 30.9 Å². The molecule has 0 radical (unpaired) electrons. The molecule has 4 heteroatoms. The molecule has 1 aromatic rings. The van der Waals surface area contributed by atoms with Gasteiger partial charge in [0.2, 0.25) is 11.8 Å². The van der Waals surface area contributed by atoms with Gasteiger partial charge in [-0.25, -0.2) is 0 Å². The Hall–Kier alpha value is -1.84. The molecule has 3 rings (SSSR count). The average molecular weight is 300 g/mol. The summed E-state index contributed by atoms with van der Waals surface area (Å²) in [5.74, 6) is 0.541. The van der Waals surface area contributed by atoms with Crippen molar-refractivity contribution in [2.75, 3.05) is 24.5 Å². The van der Waals surface area contributed by atoms with Gasteiger partial charge >= 0.3 is 0 Å². The number of fused-ring (bicyclic) bond motifs is 1. The third-order valence-corrected chi connectivity index (χ3v) is 4.80.